The minimum absolute atomic E-state index is 0.506. The van der Waals surface area contributed by atoms with E-state index in [1.165, 1.54) is 0 Å². The second-order valence-electron chi connectivity index (χ2n) is 3.46. The van der Waals surface area contributed by atoms with Crippen LogP contribution in [0.5, 0.6) is 0 Å². The number of carboxylic acids is 2. The molecule has 0 saturated heterocycles. The van der Waals surface area contributed by atoms with Gasteiger partial charge in [0.1, 0.15) is 0 Å². The smallest absolute Gasteiger partial charge is 0.481 e. The molecule has 0 spiro atoms. The molecule has 0 heterocycles. The summed E-state index contributed by atoms with van der Waals surface area (Å²) in [5, 5.41) is 31.3. The highest BCUT2D eigenvalue weighted by Gasteiger charge is 2.35. The van der Waals surface area contributed by atoms with Crippen LogP contribution >= 0.6 is 0 Å². The lowest BCUT2D eigenvalue weighted by atomic mass is 9.79. The summed E-state index contributed by atoms with van der Waals surface area (Å²) in [5.41, 5.74) is 0. The van der Waals surface area contributed by atoms with Crippen LogP contribution in [0, 0.1) is 11.8 Å². The Balaban J connectivity index is 0.000000487. The topological polar surface area (TPSA) is 132 Å². The standard InChI is InChI=1S/C8H12O4.CH2O3/c9-7(10)5-3-1-2-4-6(5)8(11)12;2-1(3)4/h5-6H,1-4H2,(H,9,10)(H,11,12);(H2,2,3,4). The van der Waals surface area contributed by atoms with E-state index in [2.05, 4.69) is 0 Å². The van der Waals surface area contributed by atoms with Crippen molar-refractivity contribution in [1.82, 2.24) is 0 Å². The molecule has 0 radical (unpaired) electrons. The van der Waals surface area contributed by atoms with Gasteiger partial charge in [0.15, 0.2) is 0 Å². The molecule has 2 atom stereocenters. The van der Waals surface area contributed by atoms with Gasteiger partial charge in [0.05, 0.1) is 11.8 Å². The van der Waals surface area contributed by atoms with Crippen molar-refractivity contribution in [2.75, 3.05) is 0 Å². The quantitative estimate of drug-likeness (QED) is 0.563. The Labute approximate surface area is 91.3 Å². The number of aliphatic carboxylic acids is 2. The minimum atomic E-state index is -1.83. The number of rotatable bonds is 2. The van der Waals surface area contributed by atoms with Gasteiger partial charge in [-0.3, -0.25) is 9.59 Å². The molecule has 0 amide bonds. The fourth-order valence-electron chi connectivity index (χ4n) is 1.72. The predicted octanol–water partition coefficient (Wildman–Crippen LogP) is 1.18. The van der Waals surface area contributed by atoms with E-state index in [1.54, 1.807) is 0 Å². The molecule has 2 unspecified atom stereocenters. The van der Waals surface area contributed by atoms with Crippen molar-refractivity contribution in [3.8, 4) is 0 Å². The van der Waals surface area contributed by atoms with Gasteiger partial charge in [-0.1, -0.05) is 12.8 Å². The summed E-state index contributed by atoms with van der Waals surface area (Å²) in [6, 6.07) is 0. The number of carboxylic acid groups (broad SMARTS) is 4. The third kappa shape index (κ3) is 5.18. The Kier molecular flexibility index (Phi) is 5.91. The van der Waals surface area contributed by atoms with E-state index in [1.807, 2.05) is 0 Å². The lowest BCUT2D eigenvalue weighted by molar-refractivity contribution is -0.155. The molecule has 1 fully saturated rings. The van der Waals surface area contributed by atoms with Crippen molar-refractivity contribution < 1.29 is 34.8 Å². The first kappa shape index (κ1) is 14.2. The normalized spacial score (nSPS) is 23.8. The molecular formula is C9H14O7. The maximum Gasteiger partial charge on any atom is 0.503 e. The van der Waals surface area contributed by atoms with Crippen LogP contribution < -0.4 is 0 Å². The first-order valence-electron chi connectivity index (χ1n) is 4.73. The molecule has 0 bridgehead atoms. The summed E-state index contributed by atoms with van der Waals surface area (Å²) in [5.74, 6) is -3.28. The van der Waals surface area contributed by atoms with Crippen LogP contribution in [-0.2, 0) is 9.59 Å². The van der Waals surface area contributed by atoms with Gasteiger partial charge < -0.3 is 20.4 Å². The zero-order valence-electron chi connectivity index (χ0n) is 8.50. The lowest BCUT2D eigenvalue weighted by Gasteiger charge is -2.24. The molecule has 7 heteroatoms. The first-order valence-corrected chi connectivity index (χ1v) is 4.73. The van der Waals surface area contributed by atoms with Gasteiger partial charge in [-0.25, -0.2) is 4.79 Å². The molecule has 0 aromatic heterocycles. The highest BCUT2D eigenvalue weighted by atomic mass is 16.6. The molecular weight excluding hydrogens is 220 g/mol. The fourth-order valence-corrected chi connectivity index (χ4v) is 1.72. The summed E-state index contributed by atoms with van der Waals surface area (Å²) in [6.45, 7) is 0. The van der Waals surface area contributed by atoms with Crippen molar-refractivity contribution in [3.63, 3.8) is 0 Å². The Morgan fingerprint density at radius 2 is 1.00 bits per heavy atom. The van der Waals surface area contributed by atoms with Crippen LogP contribution in [0.2, 0.25) is 0 Å². The van der Waals surface area contributed by atoms with Crippen LogP contribution in [0.25, 0.3) is 0 Å². The number of hydrogen-bond acceptors (Lipinski definition) is 3. The molecule has 16 heavy (non-hydrogen) atoms. The second-order valence-corrected chi connectivity index (χ2v) is 3.46. The van der Waals surface area contributed by atoms with Crippen LogP contribution in [0.4, 0.5) is 4.79 Å². The third-order valence-electron chi connectivity index (χ3n) is 2.40. The SMILES string of the molecule is O=C(O)C1CCCCC1C(=O)O.O=C(O)O. The molecule has 1 rings (SSSR count). The van der Waals surface area contributed by atoms with Gasteiger partial charge in [0.25, 0.3) is 0 Å². The van der Waals surface area contributed by atoms with E-state index in [4.69, 9.17) is 25.2 Å². The summed E-state index contributed by atoms with van der Waals surface area (Å²) < 4.78 is 0. The molecule has 4 N–H and O–H groups in total. The third-order valence-corrected chi connectivity index (χ3v) is 2.40. The average molecular weight is 234 g/mol. The van der Waals surface area contributed by atoms with Crippen LogP contribution in [0.15, 0.2) is 0 Å². The summed E-state index contributed by atoms with van der Waals surface area (Å²) in [7, 11) is 0. The van der Waals surface area contributed by atoms with Gasteiger partial charge in [-0.2, -0.15) is 0 Å². The molecule has 1 aliphatic carbocycles. The van der Waals surface area contributed by atoms with Gasteiger partial charge in [-0.15, -0.1) is 0 Å². The van der Waals surface area contributed by atoms with Crippen molar-refractivity contribution in [1.29, 1.82) is 0 Å². The Morgan fingerprint density at radius 3 is 1.19 bits per heavy atom. The molecule has 92 valence electrons. The van der Waals surface area contributed by atoms with Crippen molar-refractivity contribution in [2.45, 2.75) is 25.7 Å². The largest absolute Gasteiger partial charge is 0.503 e. The molecule has 0 aromatic carbocycles. The van der Waals surface area contributed by atoms with Crippen LogP contribution in [0.3, 0.4) is 0 Å². The van der Waals surface area contributed by atoms with E-state index in [0.29, 0.717) is 12.8 Å². The van der Waals surface area contributed by atoms with Crippen molar-refractivity contribution in [3.05, 3.63) is 0 Å². The monoisotopic (exact) mass is 234 g/mol. The van der Waals surface area contributed by atoms with E-state index in [-0.39, 0.29) is 0 Å². The van der Waals surface area contributed by atoms with Crippen LogP contribution in [0.1, 0.15) is 25.7 Å². The van der Waals surface area contributed by atoms with E-state index in [9.17, 15) is 9.59 Å². The highest BCUT2D eigenvalue weighted by Crippen LogP contribution is 2.30. The molecule has 1 saturated carbocycles. The zero-order valence-corrected chi connectivity index (χ0v) is 8.50. The summed E-state index contributed by atoms with van der Waals surface area (Å²) >= 11 is 0. The zero-order chi connectivity index (χ0) is 12.7. The van der Waals surface area contributed by atoms with E-state index >= 15 is 0 Å². The maximum atomic E-state index is 10.6. The van der Waals surface area contributed by atoms with Gasteiger partial charge >= 0.3 is 18.1 Å². The average Bonchev–Trinajstić information content (AvgIpc) is 2.16. The summed E-state index contributed by atoms with van der Waals surface area (Å²) in [6.07, 6.45) is 0.847. The molecule has 1 aliphatic rings. The minimum Gasteiger partial charge on any atom is -0.481 e. The van der Waals surface area contributed by atoms with Gasteiger partial charge in [-0.05, 0) is 12.8 Å². The second kappa shape index (κ2) is 6.65. The summed E-state index contributed by atoms with van der Waals surface area (Å²) in [4.78, 5) is 29.8. The van der Waals surface area contributed by atoms with E-state index < -0.39 is 29.9 Å². The van der Waals surface area contributed by atoms with Crippen molar-refractivity contribution >= 4 is 18.1 Å². The molecule has 7 nitrogen and oxygen atoms in total. The first-order chi connectivity index (χ1) is 7.36. The molecule has 0 aromatic rings. The lowest BCUT2D eigenvalue weighted by Crippen LogP contribution is -2.32. The predicted molar refractivity (Wildman–Crippen MR) is 51.4 cm³/mol. The van der Waals surface area contributed by atoms with E-state index in [0.717, 1.165) is 12.8 Å². The van der Waals surface area contributed by atoms with Crippen LogP contribution in [-0.4, -0.2) is 38.5 Å². The fraction of sp³-hybridized carbons (Fsp3) is 0.667. The van der Waals surface area contributed by atoms with Crippen molar-refractivity contribution in [2.24, 2.45) is 11.8 Å². The maximum absolute atomic E-state index is 10.6. The Bertz CT molecular complexity index is 247. The molecule has 0 aliphatic heterocycles. The number of carbonyl (C=O) groups is 3. The highest BCUT2D eigenvalue weighted by molar-refractivity contribution is 5.80. The van der Waals surface area contributed by atoms with Gasteiger partial charge in [0.2, 0.25) is 0 Å². The number of hydrogen-bond donors (Lipinski definition) is 4. The Morgan fingerprint density at radius 1 is 0.750 bits per heavy atom. The van der Waals surface area contributed by atoms with Gasteiger partial charge in [0, 0.05) is 0 Å². The Hall–Kier alpha value is -1.79.